The van der Waals surface area contributed by atoms with Gasteiger partial charge in [0, 0.05) is 3.57 Å². The summed E-state index contributed by atoms with van der Waals surface area (Å²) < 4.78 is 1.06. The number of rotatable bonds is 2. The van der Waals surface area contributed by atoms with E-state index in [2.05, 4.69) is 33.2 Å². The molecule has 2 N–H and O–H groups in total. The number of amides is 1. The van der Waals surface area contributed by atoms with E-state index in [1.54, 1.807) is 0 Å². The van der Waals surface area contributed by atoms with Gasteiger partial charge in [-0.05, 0) is 60.2 Å². The van der Waals surface area contributed by atoms with E-state index in [-0.39, 0.29) is 11.9 Å². The average Bonchev–Trinajstić information content (AvgIpc) is 2.34. The van der Waals surface area contributed by atoms with Gasteiger partial charge in [-0.15, -0.1) is 0 Å². The van der Waals surface area contributed by atoms with E-state index >= 15 is 0 Å². The van der Waals surface area contributed by atoms with Crippen LogP contribution in [0.5, 0.6) is 0 Å². The molecule has 0 aliphatic carbocycles. The molecule has 1 fully saturated rings. The van der Waals surface area contributed by atoms with Gasteiger partial charge in [-0.2, -0.15) is 0 Å². The molecule has 1 amide bonds. The second-order valence-corrected chi connectivity index (χ2v) is 5.77. The summed E-state index contributed by atoms with van der Waals surface area (Å²) in [6.45, 7) is 0.915. The summed E-state index contributed by atoms with van der Waals surface area (Å²) in [4.78, 5) is 12.0. The minimum absolute atomic E-state index is 0.00723. The average molecular weight is 365 g/mol. The highest BCUT2D eigenvalue weighted by Crippen LogP contribution is 2.24. The Morgan fingerprint density at radius 3 is 2.94 bits per heavy atom. The van der Waals surface area contributed by atoms with Crippen LogP contribution in [0.4, 0.5) is 5.69 Å². The van der Waals surface area contributed by atoms with Crippen LogP contribution in [0, 0.1) is 3.57 Å². The van der Waals surface area contributed by atoms with Gasteiger partial charge in [0.25, 0.3) is 0 Å². The number of piperidine rings is 1. The molecule has 0 unspecified atom stereocenters. The summed E-state index contributed by atoms with van der Waals surface area (Å²) in [6.07, 6.45) is 3.15. The van der Waals surface area contributed by atoms with Crippen LogP contribution in [0.25, 0.3) is 0 Å². The number of benzene rings is 1. The summed E-state index contributed by atoms with van der Waals surface area (Å²) in [5.41, 5.74) is 0.685. The lowest BCUT2D eigenvalue weighted by molar-refractivity contribution is -0.118. The van der Waals surface area contributed by atoms with E-state index in [1.807, 2.05) is 18.2 Å². The number of nitrogens with one attached hydrogen (secondary N) is 2. The quantitative estimate of drug-likeness (QED) is 0.792. The number of halogens is 2. The van der Waals surface area contributed by atoms with Crippen LogP contribution in [0.1, 0.15) is 19.3 Å². The number of anilines is 1. The van der Waals surface area contributed by atoms with E-state index in [0.717, 1.165) is 29.4 Å². The molecular weight excluding hydrogens is 351 g/mol. The zero-order valence-electron chi connectivity index (χ0n) is 9.30. The van der Waals surface area contributed by atoms with Gasteiger partial charge < -0.3 is 10.6 Å². The molecule has 17 heavy (non-hydrogen) atoms. The van der Waals surface area contributed by atoms with Crippen LogP contribution in [0.15, 0.2) is 18.2 Å². The Kier molecular flexibility index (Phi) is 4.64. The standard InChI is InChI=1S/C12H14ClIN2O/c13-9-7-8(14)4-5-10(9)16-12(17)11-3-1-2-6-15-11/h4-5,7,11,15H,1-3,6H2,(H,16,17)/t11-/m1/s1. The Morgan fingerprint density at radius 1 is 1.47 bits per heavy atom. The minimum Gasteiger partial charge on any atom is -0.323 e. The first kappa shape index (κ1) is 13.1. The van der Waals surface area contributed by atoms with Gasteiger partial charge in [0.2, 0.25) is 5.91 Å². The molecule has 92 valence electrons. The van der Waals surface area contributed by atoms with Crippen molar-refractivity contribution in [1.82, 2.24) is 5.32 Å². The Hall–Kier alpha value is -0.330. The minimum atomic E-state index is -0.0842. The van der Waals surface area contributed by atoms with E-state index in [1.165, 1.54) is 0 Å². The summed E-state index contributed by atoms with van der Waals surface area (Å²) >= 11 is 8.26. The van der Waals surface area contributed by atoms with Gasteiger partial charge in [-0.3, -0.25) is 4.79 Å². The Balaban J connectivity index is 2.02. The van der Waals surface area contributed by atoms with Crippen molar-refractivity contribution < 1.29 is 4.79 Å². The summed E-state index contributed by atoms with van der Waals surface area (Å²) in [7, 11) is 0. The highest BCUT2D eigenvalue weighted by Gasteiger charge is 2.20. The van der Waals surface area contributed by atoms with Crippen molar-refractivity contribution in [2.45, 2.75) is 25.3 Å². The molecule has 5 heteroatoms. The van der Waals surface area contributed by atoms with Crippen LogP contribution in [-0.2, 0) is 4.79 Å². The van der Waals surface area contributed by atoms with Crippen molar-refractivity contribution in [2.75, 3.05) is 11.9 Å². The fourth-order valence-electron chi connectivity index (χ4n) is 1.89. The second-order valence-electron chi connectivity index (χ2n) is 4.12. The first-order valence-corrected chi connectivity index (χ1v) is 7.12. The SMILES string of the molecule is O=C(Nc1ccc(I)cc1Cl)[C@H]1CCCCN1. The van der Waals surface area contributed by atoms with Crippen molar-refractivity contribution >= 4 is 45.8 Å². The third kappa shape index (κ3) is 3.56. The number of hydrogen-bond acceptors (Lipinski definition) is 2. The fourth-order valence-corrected chi connectivity index (χ4v) is 2.79. The van der Waals surface area contributed by atoms with Gasteiger partial charge in [0.15, 0.2) is 0 Å². The lowest BCUT2D eigenvalue weighted by atomic mass is 10.0. The summed E-state index contributed by atoms with van der Waals surface area (Å²) in [6, 6.07) is 5.52. The lowest BCUT2D eigenvalue weighted by Gasteiger charge is -2.22. The summed E-state index contributed by atoms with van der Waals surface area (Å²) in [5, 5.41) is 6.67. The van der Waals surface area contributed by atoms with Crippen LogP contribution >= 0.6 is 34.2 Å². The molecule has 3 nitrogen and oxygen atoms in total. The third-order valence-electron chi connectivity index (χ3n) is 2.82. The number of hydrogen-bond donors (Lipinski definition) is 2. The van der Waals surface area contributed by atoms with Crippen LogP contribution in [0.2, 0.25) is 5.02 Å². The Labute approximate surface area is 119 Å². The van der Waals surface area contributed by atoms with E-state index in [0.29, 0.717) is 10.7 Å². The molecule has 0 saturated carbocycles. The predicted octanol–water partition coefficient (Wildman–Crippen LogP) is 3.03. The molecule has 0 bridgehead atoms. The molecule has 1 aromatic carbocycles. The second kappa shape index (κ2) is 6.02. The molecule has 1 aliphatic heterocycles. The van der Waals surface area contributed by atoms with E-state index in [9.17, 15) is 4.79 Å². The molecule has 0 spiro atoms. The maximum Gasteiger partial charge on any atom is 0.241 e. The van der Waals surface area contributed by atoms with Gasteiger partial charge in [0.1, 0.15) is 0 Å². The maximum absolute atomic E-state index is 12.0. The molecule has 2 rings (SSSR count). The monoisotopic (exact) mass is 364 g/mol. The third-order valence-corrected chi connectivity index (χ3v) is 3.80. The zero-order valence-corrected chi connectivity index (χ0v) is 12.2. The van der Waals surface area contributed by atoms with Gasteiger partial charge in [-0.25, -0.2) is 0 Å². The Morgan fingerprint density at radius 2 is 2.29 bits per heavy atom. The normalized spacial score (nSPS) is 20.0. The van der Waals surface area contributed by atoms with Crippen LogP contribution < -0.4 is 10.6 Å². The number of carbonyl (C=O) groups excluding carboxylic acids is 1. The first-order chi connectivity index (χ1) is 8.16. The topological polar surface area (TPSA) is 41.1 Å². The summed E-state index contributed by atoms with van der Waals surface area (Å²) in [5.74, 6) is 0.00723. The van der Waals surface area contributed by atoms with Gasteiger partial charge in [0.05, 0.1) is 16.8 Å². The Bertz CT molecular complexity index is 419. The zero-order chi connectivity index (χ0) is 12.3. The predicted molar refractivity (Wildman–Crippen MR) is 78.4 cm³/mol. The largest absolute Gasteiger partial charge is 0.323 e. The van der Waals surface area contributed by atoms with Crippen LogP contribution in [-0.4, -0.2) is 18.5 Å². The highest BCUT2D eigenvalue weighted by atomic mass is 127. The molecule has 0 radical (unpaired) electrons. The van der Waals surface area contributed by atoms with Gasteiger partial charge >= 0.3 is 0 Å². The van der Waals surface area contributed by atoms with Crippen molar-refractivity contribution in [1.29, 1.82) is 0 Å². The van der Waals surface area contributed by atoms with E-state index < -0.39 is 0 Å². The maximum atomic E-state index is 12.0. The van der Waals surface area contributed by atoms with Crippen molar-refractivity contribution in [3.8, 4) is 0 Å². The highest BCUT2D eigenvalue weighted by molar-refractivity contribution is 14.1. The molecule has 1 atom stereocenters. The molecule has 0 aromatic heterocycles. The molecular formula is C12H14ClIN2O. The van der Waals surface area contributed by atoms with Gasteiger partial charge in [-0.1, -0.05) is 18.0 Å². The molecule has 1 aliphatic rings. The lowest BCUT2D eigenvalue weighted by Crippen LogP contribution is -2.43. The first-order valence-electron chi connectivity index (χ1n) is 5.66. The van der Waals surface area contributed by atoms with Crippen molar-refractivity contribution in [2.24, 2.45) is 0 Å². The fraction of sp³-hybridized carbons (Fsp3) is 0.417. The van der Waals surface area contributed by atoms with Crippen molar-refractivity contribution in [3.05, 3.63) is 26.8 Å². The van der Waals surface area contributed by atoms with E-state index in [4.69, 9.17) is 11.6 Å². The smallest absolute Gasteiger partial charge is 0.241 e. The van der Waals surface area contributed by atoms with Crippen molar-refractivity contribution in [3.63, 3.8) is 0 Å². The molecule has 1 heterocycles. The van der Waals surface area contributed by atoms with Crippen LogP contribution in [0.3, 0.4) is 0 Å². The molecule has 1 aromatic rings. The molecule has 1 saturated heterocycles. The number of carbonyl (C=O) groups is 1.